The van der Waals surface area contributed by atoms with Crippen LogP contribution in [0, 0.1) is 17.0 Å². The van der Waals surface area contributed by atoms with Crippen LogP contribution in [0.3, 0.4) is 0 Å². The number of rotatable bonds is 4. The summed E-state index contributed by atoms with van der Waals surface area (Å²) in [6, 6.07) is 4.72. The lowest BCUT2D eigenvalue weighted by molar-refractivity contribution is -0.385. The monoisotopic (exact) mass is 312 g/mol. The molecule has 1 heterocycles. The van der Waals surface area contributed by atoms with Gasteiger partial charge >= 0.3 is 0 Å². The third-order valence-corrected chi connectivity index (χ3v) is 3.67. The summed E-state index contributed by atoms with van der Waals surface area (Å²) < 4.78 is 0.182. The molecule has 20 heavy (non-hydrogen) atoms. The van der Waals surface area contributed by atoms with Crippen molar-refractivity contribution >= 4 is 34.5 Å². The van der Waals surface area contributed by atoms with Crippen molar-refractivity contribution in [2.75, 3.05) is 0 Å². The van der Waals surface area contributed by atoms with Gasteiger partial charge in [0, 0.05) is 18.2 Å². The molecule has 1 N–H and O–H groups in total. The fraction of sp³-hybridized carbons (Fsp3) is 0.182. The summed E-state index contributed by atoms with van der Waals surface area (Å²) in [4.78, 5) is 22.1. The standard InChI is InChI=1S/C11H9ClN4O3S/c1-6-7(3-2-4-8(6)16(18)19)5-13-9(17)10-14-15-11(12)20-10/h2-4H,5H2,1H3,(H,13,17). The summed E-state index contributed by atoms with van der Waals surface area (Å²) in [7, 11) is 0. The summed E-state index contributed by atoms with van der Waals surface area (Å²) in [5.41, 5.74) is 1.21. The fourth-order valence-corrected chi connectivity index (χ4v) is 2.35. The van der Waals surface area contributed by atoms with Gasteiger partial charge in [-0.05, 0) is 24.1 Å². The maximum absolute atomic E-state index is 11.8. The van der Waals surface area contributed by atoms with E-state index in [0.29, 0.717) is 11.1 Å². The quantitative estimate of drug-likeness (QED) is 0.690. The van der Waals surface area contributed by atoms with Crippen molar-refractivity contribution in [2.45, 2.75) is 13.5 Å². The van der Waals surface area contributed by atoms with Gasteiger partial charge < -0.3 is 5.32 Å². The van der Waals surface area contributed by atoms with Crippen LogP contribution in [0.4, 0.5) is 5.69 Å². The van der Waals surface area contributed by atoms with Gasteiger partial charge in [-0.15, -0.1) is 10.2 Å². The molecule has 2 aromatic rings. The molecular weight excluding hydrogens is 304 g/mol. The van der Waals surface area contributed by atoms with Gasteiger partial charge in [0.15, 0.2) is 0 Å². The van der Waals surface area contributed by atoms with E-state index in [1.54, 1.807) is 19.1 Å². The third-order valence-electron chi connectivity index (χ3n) is 2.65. The van der Waals surface area contributed by atoms with Gasteiger partial charge in [-0.3, -0.25) is 14.9 Å². The van der Waals surface area contributed by atoms with E-state index in [1.807, 2.05) is 0 Å². The summed E-state index contributed by atoms with van der Waals surface area (Å²) in [6.45, 7) is 1.81. The predicted octanol–water partition coefficient (Wildman–Crippen LogP) is 2.34. The van der Waals surface area contributed by atoms with E-state index in [2.05, 4.69) is 15.5 Å². The Morgan fingerprint density at radius 2 is 2.25 bits per heavy atom. The molecule has 0 aliphatic rings. The van der Waals surface area contributed by atoms with Gasteiger partial charge in [0.2, 0.25) is 9.47 Å². The van der Waals surface area contributed by atoms with Gasteiger partial charge in [-0.1, -0.05) is 23.5 Å². The zero-order valence-corrected chi connectivity index (χ0v) is 11.9. The topological polar surface area (TPSA) is 98.0 Å². The molecule has 2 rings (SSSR count). The average molecular weight is 313 g/mol. The Morgan fingerprint density at radius 3 is 2.85 bits per heavy atom. The second-order valence-electron chi connectivity index (χ2n) is 3.86. The van der Waals surface area contributed by atoms with Gasteiger partial charge in [0.1, 0.15) is 0 Å². The number of hydrogen-bond acceptors (Lipinski definition) is 6. The molecule has 1 aromatic carbocycles. The third kappa shape index (κ3) is 3.09. The van der Waals surface area contributed by atoms with E-state index in [4.69, 9.17) is 11.6 Å². The van der Waals surface area contributed by atoms with Crippen LogP contribution in [0.2, 0.25) is 4.47 Å². The van der Waals surface area contributed by atoms with E-state index >= 15 is 0 Å². The van der Waals surface area contributed by atoms with Crippen molar-refractivity contribution in [1.29, 1.82) is 0 Å². The van der Waals surface area contributed by atoms with Crippen molar-refractivity contribution in [3.63, 3.8) is 0 Å². The number of nitro benzene ring substituents is 1. The molecular formula is C11H9ClN4O3S. The second-order valence-corrected chi connectivity index (χ2v) is 5.42. The average Bonchev–Trinajstić information content (AvgIpc) is 2.83. The number of benzene rings is 1. The first kappa shape index (κ1) is 14.4. The van der Waals surface area contributed by atoms with Crippen LogP contribution in [0.5, 0.6) is 0 Å². The largest absolute Gasteiger partial charge is 0.346 e. The molecule has 0 aliphatic carbocycles. The second kappa shape index (κ2) is 5.93. The predicted molar refractivity (Wildman–Crippen MR) is 73.9 cm³/mol. The van der Waals surface area contributed by atoms with Crippen LogP contribution in [-0.4, -0.2) is 21.0 Å². The minimum Gasteiger partial charge on any atom is -0.346 e. The zero-order chi connectivity index (χ0) is 14.7. The van der Waals surface area contributed by atoms with Gasteiger partial charge in [0.25, 0.3) is 11.6 Å². The molecule has 1 aromatic heterocycles. The molecule has 0 unspecified atom stereocenters. The van der Waals surface area contributed by atoms with Crippen LogP contribution in [0.1, 0.15) is 20.9 Å². The van der Waals surface area contributed by atoms with Gasteiger partial charge in [-0.25, -0.2) is 0 Å². The zero-order valence-electron chi connectivity index (χ0n) is 10.3. The Morgan fingerprint density at radius 1 is 1.50 bits per heavy atom. The number of carbonyl (C=O) groups is 1. The number of nitrogens with one attached hydrogen (secondary N) is 1. The van der Waals surface area contributed by atoms with Crippen molar-refractivity contribution in [1.82, 2.24) is 15.5 Å². The lowest BCUT2D eigenvalue weighted by Gasteiger charge is -2.06. The van der Waals surface area contributed by atoms with Crippen molar-refractivity contribution in [2.24, 2.45) is 0 Å². The fourth-order valence-electron chi connectivity index (χ4n) is 1.61. The van der Waals surface area contributed by atoms with Crippen molar-refractivity contribution < 1.29 is 9.72 Å². The molecule has 0 spiro atoms. The Bertz CT molecular complexity index is 673. The van der Waals surface area contributed by atoms with E-state index in [1.165, 1.54) is 6.07 Å². The highest BCUT2D eigenvalue weighted by Crippen LogP contribution is 2.21. The summed E-state index contributed by atoms with van der Waals surface area (Å²) >= 11 is 6.56. The number of nitrogens with zero attached hydrogens (tertiary/aromatic N) is 3. The first-order valence-electron chi connectivity index (χ1n) is 5.49. The summed E-state index contributed by atoms with van der Waals surface area (Å²) in [5, 5.41) is 20.7. The van der Waals surface area contributed by atoms with Gasteiger partial charge in [-0.2, -0.15) is 0 Å². The van der Waals surface area contributed by atoms with E-state index in [9.17, 15) is 14.9 Å². The Hall–Kier alpha value is -2.06. The normalized spacial score (nSPS) is 10.3. The molecule has 0 bridgehead atoms. The maximum atomic E-state index is 11.8. The molecule has 9 heteroatoms. The molecule has 0 aliphatic heterocycles. The van der Waals surface area contributed by atoms with Crippen LogP contribution in [0.15, 0.2) is 18.2 Å². The first-order valence-corrected chi connectivity index (χ1v) is 6.68. The molecule has 0 atom stereocenters. The minimum atomic E-state index is -0.453. The highest BCUT2D eigenvalue weighted by Gasteiger charge is 2.15. The Balaban J connectivity index is 2.10. The van der Waals surface area contributed by atoms with Crippen LogP contribution in [0.25, 0.3) is 0 Å². The molecule has 7 nitrogen and oxygen atoms in total. The Kier molecular flexibility index (Phi) is 4.26. The summed E-state index contributed by atoms with van der Waals surface area (Å²) in [6.07, 6.45) is 0. The van der Waals surface area contributed by atoms with E-state index in [-0.39, 0.29) is 21.7 Å². The lowest BCUT2D eigenvalue weighted by Crippen LogP contribution is -2.23. The van der Waals surface area contributed by atoms with E-state index < -0.39 is 10.8 Å². The van der Waals surface area contributed by atoms with Crippen molar-refractivity contribution in [3.05, 3.63) is 48.9 Å². The molecule has 1 amide bonds. The SMILES string of the molecule is Cc1c(CNC(=O)c2nnc(Cl)s2)cccc1[N+](=O)[O-]. The number of halogens is 1. The number of carbonyl (C=O) groups excluding carboxylic acids is 1. The number of hydrogen-bond donors (Lipinski definition) is 1. The Labute approximate surface area is 122 Å². The van der Waals surface area contributed by atoms with Gasteiger partial charge in [0.05, 0.1) is 4.92 Å². The lowest BCUT2D eigenvalue weighted by atomic mass is 10.1. The van der Waals surface area contributed by atoms with Crippen molar-refractivity contribution in [3.8, 4) is 0 Å². The molecule has 0 radical (unpaired) electrons. The van der Waals surface area contributed by atoms with E-state index in [0.717, 1.165) is 11.3 Å². The highest BCUT2D eigenvalue weighted by atomic mass is 35.5. The molecule has 104 valence electrons. The highest BCUT2D eigenvalue weighted by molar-refractivity contribution is 7.17. The van der Waals surface area contributed by atoms with Crippen LogP contribution >= 0.6 is 22.9 Å². The molecule has 0 saturated carbocycles. The minimum absolute atomic E-state index is 0.0238. The number of nitro groups is 1. The number of aromatic nitrogens is 2. The smallest absolute Gasteiger partial charge is 0.282 e. The van der Waals surface area contributed by atoms with Crippen LogP contribution in [-0.2, 0) is 6.54 Å². The number of amides is 1. The molecule has 0 fully saturated rings. The molecule has 0 saturated heterocycles. The first-order chi connectivity index (χ1) is 9.49. The maximum Gasteiger partial charge on any atom is 0.282 e. The summed E-state index contributed by atoms with van der Waals surface area (Å²) in [5.74, 6) is -0.416. The van der Waals surface area contributed by atoms with Crippen LogP contribution < -0.4 is 5.32 Å².